The molecule has 0 saturated carbocycles. The molecule has 6 heteroatoms. The van der Waals surface area contributed by atoms with Crippen LogP contribution in [0.3, 0.4) is 0 Å². The van der Waals surface area contributed by atoms with E-state index in [4.69, 9.17) is 33.6 Å². The lowest BCUT2D eigenvalue weighted by Gasteiger charge is -2.28. The molecule has 0 saturated heterocycles. The summed E-state index contributed by atoms with van der Waals surface area (Å²) in [5, 5.41) is 1.46. The van der Waals surface area contributed by atoms with Gasteiger partial charge in [0.1, 0.15) is 0 Å². The fourth-order valence-electron chi connectivity index (χ4n) is 3.08. The fraction of sp³-hybridized carbons (Fsp3) is 0.429. The van der Waals surface area contributed by atoms with E-state index in [0.29, 0.717) is 0 Å². The summed E-state index contributed by atoms with van der Waals surface area (Å²) in [5.74, 6) is 0. The normalized spacial score (nSPS) is 13.7. The first kappa shape index (κ1) is 22.3. The molecule has 2 aromatic carbocycles. The van der Waals surface area contributed by atoms with Crippen molar-refractivity contribution >= 4 is 41.0 Å². The highest BCUT2D eigenvalue weighted by molar-refractivity contribution is 6.80. The first-order valence-electron chi connectivity index (χ1n) is 9.25. The monoisotopic (exact) mass is 406 g/mol. The second kappa shape index (κ2) is 9.95. The van der Waals surface area contributed by atoms with Crippen LogP contribution in [-0.4, -0.2) is 44.6 Å². The highest BCUT2D eigenvalue weighted by atomic mass is 35.5. The smallest absolute Gasteiger partial charge is 0.361 e. The van der Waals surface area contributed by atoms with E-state index < -0.39 is 0 Å². The summed E-state index contributed by atoms with van der Waals surface area (Å²) in [6.45, 7) is 6.53. The lowest BCUT2D eigenvalue weighted by atomic mass is 9.55. The van der Waals surface area contributed by atoms with Crippen LogP contribution < -0.4 is 16.7 Å². The van der Waals surface area contributed by atoms with Crippen LogP contribution in [-0.2, 0) is 4.65 Å². The number of rotatable bonds is 8. The molecule has 0 radical (unpaired) electrons. The number of aryl methyl sites for hydroxylation is 2. The lowest BCUT2D eigenvalue weighted by molar-refractivity contribution is 0.150. The first-order valence-corrected chi connectivity index (χ1v) is 10.0. The maximum atomic E-state index is 6.60. The topological polar surface area (TPSA) is 38.5 Å². The van der Waals surface area contributed by atoms with Gasteiger partial charge in [-0.2, -0.15) is 0 Å². The van der Waals surface area contributed by atoms with Crippen LogP contribution in [0.1, 0.15) is 24.5 Å². The van der Waals surface area contributed by atoms with E-state index in [2.05, 4.69) is 17.0 Å². The Morgan fingerprint density at radius 2 is 1.48 bits per heavy atom. The Morgan fingerprint density at radius 1 is 1.00 bits per heavy atom. The number of hydrogen-bond donors (Lipinski definition) is 1. The highest BCUT2D eigenvalue weighted by Gasteiger charge is 2.27. The molecule has 2 aromatic rings. The molecule has 0 aromatic heterocycles. The summed E-state index contributed by atoms with van der Waals surface area (Å²) >= 11 is 12.8. The molecule has 146 valence electrons. The van der Waals surface area contributed by atoms with Gasteiger partial charge in [0.05, 0.1) is 6.10 Å². The molecule has 27 heavy (non-hydrogen) atoms. The molecule has 0 aliphatic rings. The third-order valence-corrected chi connectivity index (χ3v) is 5.34. The van der Waals surface area contributed by atoms with Crippen molar-refractivity contribution in [1.82, 2.24) is 4.90 Å². The summed E-state index contributed by atoms with van der Waals surface area (Å²) in [6.07, 6.45) is 0.763. The zero-order valence-corrected chi connectivity index (χ0v) is 18.3. The van der Waals surface area contributed by atoms with E-state index >= 15 is 0 Å². The average Bonchev–Trinajstić information content (AvgIpc) is 2.56. The Morgan fingerprint density at radius 3 is 1.85 bits per heavy atom. The second-order valence-electron chi connectivity index (χ2n) is 7.63. The van der Waals surface area contributed by atoms with Crippen molar-refractivity contribution in [3.05, 3.63) is 57.6 Å². The maximum absolute atomic E-state index is 6.60. The van der Waals surface area contributed by atoms with Crippen LogP contribution in [0, 0.1) is 13.8 Å². The molecular formula is C21H29BCl2N2O. The SMILES string of the molecule is Cc1ccc(B(OC(CC(C)N)CN(C)C)c2ccc(C)c(Cl)c2)cc1Cl. The molecule has 0 aliphatic heterocycles. The van der Waals surface area contributed by atoms with Crippen LogP contribution in [0.25, 0.3) is 0 Å². The molecule has 2 N–H and O–H groups in total. The Labute approximate surface area is 173 Å². The zero-order chi connectivity index (χ0) is 20.1. The van der Waals surface area contributed by atoms with Gasteiger partial charge in [0.2, 0.25) is 0 Å². The van der Waals surface area contributed by atoms with E-state index in [1.807, 2.05) is 59.1 Å². The average molecular weight is 407 g/mol. The van der Waals surface area contributed by atoms with Gasteiger partial charge in [-0.05, 0) is 75.5 Å². The number of halogens is 2. The van der Waals surface area contributed by atoms with Crippen LogP contribution >= 0.6 is 23.2 Å². The van der Waals surface area contributed by atoms with Crippen LogP contribution in [0.15, 0.2) is 36.4 Å². The quantitative estimate of drug-likeness (QED) is 0.682. The predicted molar refractivity (Wildman–Crippen MR) is 119 cm³/mol. The van der Waals surface area contributed by atoms with E-state index in [9.17, 15) is 0 Å². The minimum atomic E-state index is -0.259. The van der Waals surface area contributed by atoms with Crippen LogP contribution in [0.5, 0.6) is 0 Å². The third kappa shape index (κ3) is 6.51. The van der Waals surface area contributed by atoms with Gasteiger partial charge in [0, 0.05) is 22.6 Å². The van der Waals surface area contributed by atoms with E-state index in [0.717, 1.165) is 45.1 Å². The summed E-state index contributed by atoms with van der Waals surface area (Å²) in [6, 6.07) is 12.2. The molecule has 0 amide bonds. The van der Waals surface area contributed by atoms with Gasteiger partial charge in [0.15, 0.2) is 0 Å². The van der Waals surface area contributed by atoms with Crippen molar-refractivity contribution in [2.75, 3.05) is 20.6 Å². The summed E-state index contributed by atoms with van der Waals surface area (Å²) in [7, 11) is 4.08. The number of likely N-dealkylation sites (N-methyl/N-ethyl adjacent to an activating group) is 1. The standard InChI is InChI=1S/C21H29BCl2N2O/c1-14-6-8-17(11-20(14)23)22(18-9-7-15(2)21(24)12-18)27-19(10-16(3)25)13-26(4)5/h6-9,11-12,16,19H,10,13,25H2,1-5H3. The molecule has 2 atom stereocenters. The van der Waals surface area contributed by atoms with Gasteiger partial charge in [-0.1, -0.05) is 47.5 Å². The molecule has 2 rings (SSSR count). The van der Waals surface area contributed by atoms with Gasteiger partial charge in [-0.3, -0.25) is 0 Å². The largest absolute Gasteiger partial charge is 0.423 e. The zero-order valence-electron chi connectivity index (χ0n) is 16.8. The summed E-state index contributed by atoms with van der Waals surface area (Å²) in [4.78, 5) is 2.12. The summed E-state index contributed by atoms with van der Waals surface area (Å²) < 4.78 is 6.60. The van der Waals surface area contributed by atoms with Gasteiger partial charge in [-0.25, -0.2) is 0 Å². The molecule has 2 unspecified atom stereocenters. The maximum Gasteiger partial charge on any atom is 0.361 e. The number of benzene rings is 2. The van der Waals surface area contributed by atoms with E-state index in [-0.39, 0.29) is 19.1 Å². The molecule has 0 heterocycles. The minimum absolute atomic E-state index is 0.00911. The van der Waals surface area contributed by atoms with E-state index in [1.54, 1.807) is 0 Å². The Kier molecular flexibility index (Phi) is 8.20. The number of nitrogens with two attached hydrogens (primary N) is 1. The molecule has 3 nitrogen and oxygen atoms in total. The van der Waals surface area contributed by atoms with Crippen LogP contribution in [0.4, 0.5) is 0 Å². The van der Waals surface area contributed by atoms with Crippen molar-refractivity contribution in [3.63, 3.8) is 0 Å². The van der Waals surface area contributed by atoms with Crippen molar-refractivity contribution in [3.8, 4) is 0 Å². The molecule has 0 bridgehead atoms. The van der Waals surface area contributed by atoms with Gasteiger partial charge in [0.25, 0.3) is 0 Å². The number of nitrogens with zero attached hydrogens (tertiary/aromatic N) is 1. The second-order valence-corrected chi connectivity index (χ2v) is 8.45. The van der Waals surface area contributed by atoms with Gasteiger partial charge >= 0.3 is 6.92 Å². The van der Waals surface area contributed by atoms with Crippen molar-refractivity contribution in [2.45, 2.75) is 39.3 Å². The Balaban J connectivity index is 2.43. The van der Waals surface area contributed by atoms with Crippen molar-refractivity contribution in [1.29, 1.82) is 0 Å². The van der Waals surface area contributed by atoms with Gasteiger partial charge < -0.3 is 15.3 Å². The summed E-state index contributed by atoms with van der Waals surface area (Å²) in [5.41, 5.74) is 10.2. The third-order valence-electron chi connectivity index (χ3n) is 4.53. The molecular weight excluding hydrogens is 378 g/mol. The van der Waals surface area contributed by atoms with Crippen molar-refractivity contribution in [2.24, 2.45) is 5.73 Å². The lowest BCUT2D eigenvalue weighted by Crippen LogP contribution is -2.50. The Hall–Kier alpha value is -1.04. The Bertz CT molecular complexity index is 706. The van der Waals surface area contributed by atoms with Gasteiger partial charge in [-0.15, -0.1) is 0 Å². The highest BCUT2D eigenvalue weighted by Crippen LogP contribution is 2.16. The van der Waals surface area contributed by atoms with E-state index in [1.165, 1.54) is 0 Å². The van der Waals surface area contributed by atoms with Crippen molar-refractivity contribution < 1.29 is 4.65 Å². The first-order chi connectivity index (χ1) is 12.7. The van der Waals surface area contributed by atoms with Crippen LogP contribution in [0.2, 0.25) is 10.0 Å². The molecule has 0 spiro atoms. The fourth-order valence-corrected chi connectivity index (χ4v) is 3.46. The molecule has 0 fully saturated rings. The minimum Gasteiger partial charge on any atom is -0.423 e. The number of hydrogen-bond acceptors (Lipinski definition) is 3. The predicted octanol–water partition coefficient (Wildman–Crippen LogP) is 3.40. The molecule has 0 aliphatic carbocycles.